The van der Waals surface area contributed by atoms with Gasteiger partial charge < -0.3 is 14.8 Å². The molecule has 0 aliphatic heterocycles. The van der Waals surface area contributed by atoms with Gasteiger partial charge in [-0.1, -0.05) is 0 Å². The monoisotopic (exact) mass is 291 g/mol. The molecule has 0 spiro atoms. The van der Waals surface area contributed by atoms with E-state index in [1.807, 2.05) is 32.6 Å². The predicted octanol–water partition coefficient (Wildman–Crippen LogP) is 1.15. The fraction of sp³-hybridized carbons (Fsp3) is 0.500. The molecule has 0 saturated heterocycles. The molecule has 2 aromatic heterocycles. The topological polar surface area (TPSA) is 74.1 Å². The van der Waals surface area contributed by atoms with Gasteiger partial charge in [-0.3, -0.25) is 4.68 Å². The zero-order valence-corrected chi connectivity index (χ0v) is 13.3. The molecule has 7 nitrogen and oxygen atoms in total. The summed E-state index contributed by atoms with van der Waals surface area (Å²) in [6, 6.07) is -0.146. The largest absolute Gasteiger partial charge is 0.480 e. The van der Waals surface area contributed by atoms with E-state index in [0.29, 0.717) is 17.5 Å². The van der Waals surface area contributed by atoms with E-state index < -0.39 is 0 Å². The molecular formula is C14H21N5O2. The Kier molecular flexibility index (Phi) is 4.42. The van der Waals surface area contributed by atoms with Crippen molar-refractivity contribution in [2.75, 3.05) is 21.3 Å². The number of rotatable bonds is 5. The molecule has 1 atom stereocenters. The van der Waals surface area contributed by atoms with Crippen molar-refractivity contribution in [3.63, 3.8) is 0 Å². The van der Waals surface area contributed by atoms with Crippen LogP contribution in [-0.2, 0) is 7.05 Å². The lowest BCUT2D eigenvalue weighted by Crippen LogP contribution is -2.21. The number of aryl methyl sites for hydroxylation is 2. The smallest absolute Gasteiger partial charge is 0.240 e. The number of ether oxygens (including phenoxy) is 2. The lowest BCUT2D eigenvalue weighted by atomic mass is 10.0. The van der Waals surface area contributed by atoms with Gasteiger partial charge in [0.25, 0.3) is 0 Å². The SMILES string of the molecule is CNC(c1ncc(OC)nc1OC)c1c(C)nn(C)c1C. The summed E-state index contributed by atoms with van der Waals surface area (Å²) in [4.78, 5) is 8.74. The number of hydrogen-bond donors (Lipinski definition) is 1. The van der Waals surface area contributed by atoms with Gasteiger partial charge in [0.1, 0.15) is 5.69 Å². The van der Waals surface area contributed by atoms with Crippen LogP contribution in [-0.4, -0.2) is 41.0 Å². The molecule has 0 aromatic carbocycles. The van der Waals surface area contributed by atoms with Crippen LogP contribution in [0.1, 0.15) is 28.7 Å². The number of nitrogens with zero attached hydrogens (tertiary/aromatic N) is 4. The van der Waals surface area contributed by atoms with Crippen LogP contribution in [0.5, 0.6) is 11.8 Å². The van der Waals surface area contributed by atoms with Gasteiger partial charge in [0.15, 0.2) is 0 Å². The highest BCUT2D eigenvalue weighted by Gasteiger charge is 2.25. The van der Waals surface area contributed by atoms with E-state index in [4.69, 9.17) is 9.47 Å². The van der Waals surface area contributed by atoms with Crippen LogP contribution in [0.3, 0.4) is 0 Å². The van der Waals surface area contributed by atoms with Crippen LogP contribution in [0, 0.1) is 13.8 Å². The molecule has 114 valence electrons. The zero-order chi connectivity index (χ0) is 15.6. The second kappa shape index (κ2) is 6.09. The molecule has 2 rings (SSSR count). The molecule has 1 N–H and O–H groups in total. The minimum atomic E-state index is -0.146. The van der Waals surface area contributed by atoms with E-state index in [-0.39, 0.29) is 6.04 Å². The van der Waals surface area contributed by atoms with Gasteiger partial charge in [-0.05, 0) is 20.9 Å². The minimum Gasteiger partial charge on any atom is -0.480 e. The van der Waals surface area contributed by atoms with Crippen LogP contribution in [0.4, 0.5) is 0 Å². The molecule has 21 heavy (non-hydrogen) atoms. The molecule has 0 bridgehead atoms. The van der Waals surface area contributed by atoms with E-state index in [1.165, 1.54) is 0 Å². The molecule has 0 fully saturated rings. The van der Waals surface area contributed by atoms with Gasteiger partial charge in [0, 0.05) is 18.3 Å². The van der Waals surface area contributed by atoms with E-state index >= 15 is 0 Å². The van der Waals surface area contributed by atoms with Crippen molar-refractivity contribution in [1.82, 2.24) is 25.1 Å². The Labute approximate surface area is 124 Å². The average molecular weight is 291 g/mol. The van der Waals surface area contributed by atoms with Crippen LogP contribution < -0.4 is 14.8 Å². The van der Waals surface area contributed by atoms with E-state index in [0.717, 1.165) is 17.0 Å². The summed E-state index contributed by atoms with van der Waals surface area (Å²) in [7, 11) is 6.92. The highest BCUT2D eigenvalue weighted by Crippen LogP contribution is 2.31. The summed E-state index contributed by atoms with van der Waals surface area (Å²) >= 11 is 0. The standard InChI is InChI=1S/C14H21N5O2/c1-8-11(9(2)19(4)18-8)12(15-3)13-14(21-6)17-10(20-5)7-16-13/h7,12,15H,1-6H3. The maximum atomic E-state index is 5.36. The Balaban J connectivity index is 2.56. The third-order valence-corrected chi connectivity index (χ3v) is 3.56. The Morgan fingerprint density at radius 3 is 2.43 bits per heavy atom. The first-order valence-electron chi connectivity index (χ1n) is 6.65. The molecule has 0 aliphatic rings. The van der Waals surface area contributed by atoms with Crippen molar-refractivity contribution in [3.8, 4) is 11.8 Å². The summed E-state index contributed by atoms with van der Waals surface area (Å²) < 4.78 is 12.3. The first-order chi connectivity index (χ1) is 10.0. The molecular weight excluding hydrogens is 270 g/mol. The quantitative estimate of drug-likeness (QED) is 0.891. The Morgan fingerprint density at radius 1 is 1.24 bits per heavy atom. The van der Waals surface area contributed by atoms with Crippen molar-refractivity contribution >= 4 is 0 Å². The highest BCUT2D eigenvalue weighted by atomic mass is 16.5. The van der Waals surface area contributed by atoms with Gasteiger partial charge >= 0.3 is 0 Å². The molecule has 0 radical (unpaired) electrons. The van der Waals surface area contributed by atoms with Crippen molar-refractivity contribution < 1.29 is 9.47 Å². The molecule has 2 heterocycles. The molecule has 0 aliphatic carbocycles. The second-order valence-corrected chi connectivity index (χ2v) is 4.74. The van der Waals surface area contributed by atoms with Crippen molar-refractivity contribution in [2.45, 2.75) is 19.9 Å². The maximum Gasteiger partial charge on any atom is 0.240 e. The molecule has 7 heteroatoms. The average Bonchev–Trinajstić information content (AvgIpc) is 2.74. The second-order valence-electron chi connectivity index (χ2n) is 4.74. The van der Waals surface area contributed by atoms with Crippen LogP contribution >= 0.6 is 0 Å². The summed E-state index contributed by atoms with van der Waals surface area (Å²) in [6.07, 6.45) is 1.59. The fourth-order valence-electron chi connectivity index (χ4n) is 2.44. The summed E-state index contributed by atoms with van der Waals surface area (Å²) in [5.41, 5.74) is 3.82. The zero-order valence-electron chi connectivity index (χ0n) is 13.3. The van der Waals surface area contributed by atoms with Gasteiger partial charge in [-0.15, -0.1) is 0 Å². The number of aromatic nitrogens is 4. The van der Waals surface area contributed by atoms with E-state index in [2.05, 4.69) is 20.4 Å². The predicted molar refractivity (Wildman–Crippen MR) is 78.7 cm³/mol. The minimum absolute atomic E-state index is 0.146. The van der Waals surface area contributed by atoms with E-state index in [9.17, 15) is 0 Å². The number of hydrogen-bond acceptors (Lipinski definition) is 6. The lowest BCUT2D eigenvalue weighted by Gasteiger charge is -2.18. The third kappa shape index (κ3) is 2.69. The molecule has 0 saturated carbocycles. The summed E-state index contributed by atoms with van der Waals surface area (Å²) in [5.74, 6) is 0.862. The highest BCUT2D eigenvalue weighted by molar-refractivity contribution is 5.38. The lowest BCUT2D eigenvalue weighted by molar-refractivity contribution is 0.353. The normalized spacial score (nSPS) is 12.3. The molecule has 2 aromatic rings. The molecule has 0 amide bonds. The summed E-state index contributed by atoms with van der Waals surface area (Å²) in [6.45, 7) is 4.01. The van der Waals surface area contributed by atoms with Crippen molar-refractivity contribution in [1.29, 1.82) is 0 Å². The maximum absolute atomic E-state index is 5.36. The third-order valence-electron chi connectivity index (χ3n) is 3.56. The van der Waals surface area contributed by atoms with Gasteiger partial charge in [-0.2, -0.15) is 10.1 Å². The van der Waals surface area contributed by atoms with Crippen molar-refractivity contribution in [3.05, 3.63) is 28.8 Å². The van der Waals surface area contributed by atoms with Crippen LogP contribution in [0.15, 0.2) is 6.20 Å². The Bertz CT molecular complexity index is 639. The number of nitrogens with one attached hydrogen (secondary N) is 1. The number of methoxy groups -OCH3 is 2. The Morgan fingerprint density at radius 2 is 1.95 bits per heavy atom. The van der Waals surface area contributed by atoms with Gasteiger partial charge in [-0.25, -0.2) is 4.98 Å². The fourth-order valence-corrected chi connectivity index (χ4v) is 2.44. The first-order valence-corrected chi connectivity index (χ1v) is 6.65. The van der Waals surface area contributed by atoms with Gasteiger partial charge in [0.05, 0.1) is 32.2 Å². The molecule has 1 unspecified atom stereocenters. The Hall–Kier alpha value is -2.15. The van der Waals surface area contributed by atoms with Crippen LogP contribution in [0.25, 0.3) is 0 Å². The van der Waals surface area contributed by atoms with Gasteiger partial charge in [0.2, 0.25) is 11.8 Å². The van der Waals surface area contributed by atoms with Crippen molar-refractivity contribution in [2.24, 2.45) is 7.05 Å². The van der Waals surface area contributed by atoms with E-state index in [1.54, 1.807) is 20.4 Å². The summed E-state index contributed by atoms with van der Waals surface area (Å²) in [5, 5.41) is 7.72. The first kappa shape index (κ1) is 15.2. The van der Waals surface area contributed by atoms with Crippen LogP contribution in [0.2, 0.25) is 0 Å².